The van der Waals surface area contributed by atoms with Gasteiger partial charge in [-0.2, -0.15) is 0 Å². The van der Waals surface area contributed by atoms with Gasteiger partial charge in [0.1, 0.15) is 11.9 Å². The van der Waals surface area contributed by atoms with Gasteiger partial charge in [0.25, 0.3) is 0 Å². The second kappa shape index (κ2) is 4.36. The molecule has 1 rings (SSSR count). The third-order valence-electron chi connectivity index (χ3n) is 1.96. The Labute approximate surface area is 76.8 Å². The van der Waals surface area contributed by atoms with Gasteiger partial charge in [-0.15, -0.1) is 0 Å². The molecule has 1 aromatic heterocycles. The summed E-state index contributed by atoms with van der Waals surface area (Å²) >= 11 is 0. The molecule has 0 aliphatic carbocycles. The number of hydrogen-bond acceptors (Lipinski definition) is 4. The number of hydrogen-bond donors (Lipinski definition) is 3. The molecule has 2 unspecified atom stereocenters. The molecular weight excluding hydrogens is 170 g/mol. The number of imidazole rings is 1. The lowest BCUT2D eigenvalue weighted by Gasteiger charge is -2.16. The molecule has 5 nitrogen and oxygen atoms in total. The van der Waals surface area contributed by atoms with E-state index in [1.165, 1.54) is 0 Å². The first-order chi connectivity index (χ1) is 6.20. The van der Waals surface area contributed by atoms with E-state index in [0.717, 1.165) is 0 Å². The number of rotatable bonds is 4. The van der Waals surface area contributed by atoms with E-state index in [9.17, 15) is 10.2 Å². The first-order valence-corrected chi connectivity index (χ1v) is 4.28. The van der Waals surface area contributed by atoms with Crippen LogP contribution in [0, 0.1) is 0 Å². The standard InChI is InChI=1S/C8H15N3O2/c1-2-11-4-3-10-8(11)7(13)6(12)5-9/h3-4,6-7,12-13H,2,5,9H2,1H3. The van der Waals surface area contributed by atoms with Crippen molar-refractivity contribution in [3.8, 4) is 0 Å². The summed E-state index contributed by atoms with van der Waals surface area (Å²) in [6.45, 7) is 2.67. The van der Waals surface area contributed by atoms with Crippen molar-refractivity contribution in [1.29, 1.82) is 0 Å². The lowest BCUT2D eigenvalue weighted by Crippen LogP contribution is -2.29. The Hall–Kier alpha value is -0.910. The summed E-state index contributed by atoms with van der Waals surface area (Å²) in [6, 6.07) is 0. The molecule has 0 amide bonds. The van der Waals surface area contributed by atoms with Gasteiger partial charge in [0.15, 0.2) is 0 Å². The fourth-order valence-electron chi connectivity index (χ4n) is 1.16. The third kappa shape index (κ3) is 2.06. The normalized spacial score (nSPS) is 15.7. The molecule has 74 valence electrons. The smallest absolute Gasteiger partial charge is 0.140 e. The number of aromatic nitrogens is 2. The number of nitrogens with two attached hydrogens (primary N) is 1. The maximum absolute atomic E-state index is 9.58. The van der Waals surface area contributed by atoms with Crippen LogP contribution in [0.3, 0.4) is 0 Å². The fraction of sp³-hybridized carbons (Fsp3) is 0.625. The van der Waals surface area contributed by atoms with Crippen LogP contribution >= 0.6 is 0 Å². The van der Waals surface area contributed by atoms with Crippen LogP contribution in [0.1, 0.15) is 18.9 Å². The summed E-state index contributed by atoms with van der Waals surface area (Å²) in [6.07, 6.45) is 1.39. The summed E-state index contributed by atoms with van der Waals surface area (Å²) in [4.78, 5) is 3.95. The van der Waals surface area contributed by atoms with E-state index in [1.807, 2.05) is 6.92 Å². The molecule has 2 atom stereocenters. The molecule has 0 aliphatic rings. The second-order valence-corrected chi connectivity index (χ2v) is 2.82. The zero-order valence-corrected chi connectivity index (χ0v) is 7.59. The largest absolute Gasteiger partial charge is 0.389 e. The van der Waals surface area contributed by atoms with Crippen molar-refractivity contribution >= 4 is 0 Å². The average Bonchev–Trinajstić information content (AvgIpc) is 2.62. The first kappa shape index (κ1) is 10.2. The van der Waals surface area contributed by atoms with Gasteiger partial charge >= 0.3 is 0 Å². The Bertz CT molecular complexity index is 262. The Morgan fingerprint density at radius 1 is 1.62 bits per heavy atom. The summed E-state index contributed by atoms with van der Waals surface area (Å²) in [5.41, 5.74) is 5.22. The summed E-state index contributed by atoms with van der Waals surface area (Å²) in [5.74, 6) is 0.459. The van der Waals surface area contributed by atoms with Gasteiger partial charge in [0.2, 0.25) is 0 Å². The summed E-state index contributed by atoms with van der Waals surface area (Å²) in [7, 11) is 0. The zero-order valence-electron chi connectivity index (χ0n) is 7.59. The molecule has 1 aromatic rings. The van der Waals surface area contributed by atoms with Crippen LogP contribution in [0.4, 0.5) is 0 Å². The van der Waals surface area contributed by atoms with Crippen LogP contribution in [-0.4, -0.2) is 32.4 Å². The molecule has 0 aliphatic heterocycles. The van der Waals surface area contributed by atoms with Gasteiger partial charge in [-0.25, -0.2) is 4.98 Å². The minimum Gasteiger partial charge on any atom is -0.389 e. The van der Waals surface area contributed by atoms with E-state index in [-0.39, 0.29) is 6.54 Å². The van der Waals surface area contributed by atoms with Crippen molar-refractivity contribution in [2.45, 2.75) is 25.7 Å². The lowest BCUT2D eigenvalue weighted by atomic mass is 10.2. The molecule has 0 spiro atoms. The zero-order chi connectivity index (χ0) is 9.84. The predicted octanol–water partition coefficient (Wildman–Crippen LogP) is -0.744. The second-order valence-electron chi connectivity index (χ2n) is 2.82. The Kier molecular flexibility index (Phi) is 3.41. The number of aliphatic hydroxyl groups excluding tert-OH is 2. The molecule has 0 radical (unpaired) electrons. The first-order valence-electron chi connectivity index (χ1n) is 4.28. The fourth-order valence-corrected chi connectivity index (χ4v) is 1.16. The molecule has 0 bridgehead atoms. The van der Waals surface area contributed by atoms with Gasteiger partial charge in [0.05, 0.1) is 6.10 Å². The minimum absolute atomic E-state index is 0.0255. The highest BCUT2D eigenvalue weighted by atomic mass is 16.3. The maximum Gasteiger partial charge on any atom is 0.140 e. The quantitative estimate of drug-likeness (QED) is 0.576. The van der Waals surface area contributed by atoms with Crippen molar-refractivity contribution in [2.75, 3.05) is 6.54 Å². The maximum atomic E-state index is 9.58. The van der Waals surface area contributed by atoms with E-state index in [2.05, 4.69) is 4.98 Å². The van der Waals surface area contributed by atoms with E-state index in [0.29, 0.717) is 12.4 Å². The molecule has 1 heterocycles. The molecule has 13 heavy (non-hydrogen) atoms. The van der Waals surface area contributed by atoms with Gasteiger partial charge in [-0.3, -0.25) is 0 Å². The van der Waals surface area contributed by atoms with Crippen molar-refractivity contribution in [3.63, 3.8) is 0 Å². The monoisotopic (exact) mass is 185 g/mol. The van der Waals surface area contributed by atoms with E-state index in [4.69, 9.17) is 5.73 Å². The van der Waals surface area contributed by atoms with Crippen LogP contribution in [-0.2, 0) is 6.54 Å². The molecule has 5 heteroatoms. The minimum atomic E-state index is -1.00. The van der Waals surface area contributed by atoms with Crippen molar-refractivity contribution in [2.24, 2.45) is 5.73 Å². The SMILES string of the molecule is CCn1ccnc1C(O)C(O)CN. The van der Waals surface area contributed by atoms with Gasteiger partial charge in [0, 0.05) is 25.5 Å². The summed E-state index contributed by atoms with van der Waals surface area (Å²) < 4.78 is 1.77. The molecule has 0 aromatic carbocycles. The third-order valence-corrected chi connectivity index (χ3v) is 1.96. The van der Waals surface area contributed by atoms with Crippen LogP contribution < -0.4 is 5.73 Å². The molecule has 4 N–H and O–H groups in total. The van der Waals surface area contributed by atoms with Gasteiger partial charge in [-0.05, 0) is 6.92 Å². The molecule has 0 saturated carbocycles. The molecule has 0 fully saturated rings. The Morgan fingerprint density at radius 3 is 2.85 bits per heavy atom. The number of nitrogens with zero attached hydrogens (tertiary/aromatic N) is 2. The van der Waals surface area contributed by atoms with E-state index >= 15 is 0 Å². The highest BCUT2D eigenvalue weighted by molar-refractivity contribution is 4.98. The Balaban J connectivity index is 2.81. The average molecular weight is 185 g/mol. The molecular formula is C8H15N3O2. The van der Waals surface area contributed by atoms with E-state index < -0.39 is 12.2 Å². The predicted molar refractivity (Wildman–Crippen MR) is 47.9 cm³/mol. The highest BCUT2D eigenvalue weighted by Gasteiger charge is 2.20. The topological polar surface area (TPSA) is 84.3 Å². The number of aliphatic hydroxyl groups is 2. The van der Waals surface area contributed by atoms with Crippen molar-refractivity contribution < 1.29 is 10.2 Å². The van der Waals surface area contributed by atoms with Crippen LogP contribution in [0.15, 0.2) is 12.4 Å². The molecule has 0 saturated heterocycles. The number of aryl methyl sites for hydroxylation is 1. The van der Waals surface area contributed by atoms with Crippen molar-refractivity contribution in [3.05, 3.63) is 18.2 Å². The van der Waals surface area contributed by atoms with Gasteiger partial charge < -0.3 is 20.5 Å². The van der Waals surface area contributed by atoms with Crippen molar-refractivity contribution in [1.82, 2.24) is 9.55 Å². The Morgan fingerprint density at radius 2 is 2.31 bits per heavy atom. The van der Waals surface area contributed by atoms with Crippen LogP contribution in [0.25, 0.3) is 0 Å². The summed E-state index contributed by atoms with van der Waals surface area (Å²) in [5, 5.41) is 18.9. The van der Waals surface area contributed by atoms with Gasteiger partial charge in [-0.1, -0.05) is 0 Å². The van der Waals surface area contributed by atoms with Crippen LogP contribution in [0.2, 0.25) is 0 Å². The highest BCUT2D eigenvalue weighted by Crippen LogP contribution is 2.13. The van der Waals surface area contributed by atoms with Crippen LogP contribution in [0.5, 0.6) is 0 Å². The van der Waals surface area contributed by atoms with E-state index in [1.54, 1.807) is 17.0 Å². The lowest BCUT2D eigenvalue weighted by molar-refractivity contribution is 0.0168.